The summed E-state index contributed by atoms with van der Waals surface area (Å²) in [4.78, 5) is 19.7. The highest BCUT2D eigenvalue weighted by atomic mass is 35.5. The molecule has 0 spiro atoms. The first-order chi connectivity index (χ1) is 11.5. The number of ether oxygens (including phenoxy) is 1. The van der Waals surface area contributed by atoms with Gasteiger partial charge in [0.2, 0.25) is 0 Å². The largest absolute Gasteiger partial charge is 0.443 e. The second-order valence-corrected chi connectivity index (χ2v) is 5.05. The van der Waals surface area contributed by atoms with Gasteiger partial charge in [0.05, 0.1) is 20.4 Å². The average molecular weight is 378 g/mol. The molecule has 0 aliphatic rings. The van der Waals surface area contributed by atoms with Crippen LogP contribution in [0.15, 0.2) is 30.3 Å². The normalized spacial score (nSPS) is 11.2. The molecule has 0 aliphatic heterocycles. The van der Waals surface area contributed by atoms with Gasteiger partial charge in [0.15, 0.2) is 0 Å². The van der Waals surface area contributed by atoms with E-state index in [0.717, 1.165) is 0 Å². The summed E-state index contributed by atoms with van der Waals surface area (Å²) in [5.41, 5.74) is 1.67. The summed E-state index contributed by atoms with van der Waals surface area (Å²) >= 11 is 5.82. The zero-order chi connectivity index (χ0) is 18.9. The number of nitro benzene ring substituents is 2. The first-order valence-corrected chi connectivity index (χ1v) is 6.65. The van der Waals surface area contributed by atoms with Crippen molar-refractivity contribution in [2.45, 2.75) is 6.18 Å². The van der Waals surface area contributed by atoms with Crippen molar-refractivity contribution in [3.63, 3.8) is 0 Å². The number of anilines is 1. The summed E-state index contributed by atoms with van der Waals surface area (Å²) in [6.07, 6.45) is -5.02. The molecule has 0 radical (unpaired) electrons. The molecule has 132 valence electrons. The zero-order valence-electron chi connectivity index (χ0n) is 11.9. The van der Waals surface area contributed by atoms with Gasteiger partial charge in [0, 0.05) is 17.8 Å². The Morgan fingerprint density at radius 3 is 1.96 bits per heavy atom. The summed E-state index contributed by atoms with van der Waals surface area (Å²) in [5, 5.41) is 22.0. The van der Waals surface area contributed by atoms with Crippen LogP contribution in [0.1, 0.15) is 5.56 Å². The van der Waals surface area contributed by atoms with E-state index in [2.05, 4.69) is 0 Å². The van der Waals surface area contributed by atoms with Crippen LogP contribution >= 0.6 is 11.6 Å². The van der Waals surface area contributed by atoms with Gasteiger partial charge in [-0.25, -0.2) is 0 Å². The van der Waals surface area contributed by atoms with E-state index in [0.29, 0.717) is 0 Å². The number of benzene rings is 2. The molecule has 0 atom stereocenters. The molecule has 12 heteroatoms. The van der Waals surface area contributed by atoms with Crippen molar-refractivity contribution in [3.8, 4) is 11.5 Å². The Hall–Kier alpha value is -3.08. The van der Waals surface area contributed by atoms with Crippen LogP contribution in [0.25, 0.3) is 0 Å². The molecular formula is C13H7ClF3N3O5. The highest BCUT2D eigenvalue weighted by Crippen LogP contribution is 2.45. The maximum atomic E-state index is 12.8. The lowest BCUT2D eigenvalue weighted by molar-refractivity contribution is -0.396. The maximum absolute atomic E-state index is 12.8. The molecule has 2 aromatic rings. The number of alkyl halides is 3. The lowest BCUT2D eigenvalue weighted by atomic mass is 10.1. The van der Waals surface area contributed by atoms with Crippen molar-refractivity contribution < 1.29 is 27.8 Å². The molecule has 8 nitrogen and oxygen atoms in total. The molecule has 0 heterocycles. The van der Waals surface area contributed by atoms with Crippen molar-refractivity contribution in [2.75, 3.05) is 5.73 Å². The van der Waals surface area contributed by atoms with Gasteiger partial charge in [-0.1, -0.05) is 11.6 Å². The third kappa shape index (κ3) is 3.88. The molecule has 2 N–H and O–H groups in total. The van der Waals surface area contributed by atoms with Crippen LogP contribution < -0.4 is 10.5 Å². The van der Waals surface area contributed by atoms with E-state index in [1.165, 1.54) is 18.2 Å². The van der Waals surface area contributed by atoms with E-state index in [1.807, 2.05) is 0 Å². The van der Waals surface area contributed by atoms with Crippen molar-refractivity contribution in [1.29, 1.82) is 0 Å². The van der Waals surface area contributed by atoms with Crippen molar-refractivity contribution >= 4 is 28.7 Å². The molecule has 0 bridgehead atoms. The van der Waals surface area contributed by atoms with Crippen LogP contribution in [0.2, 0.25) is 5.02 Å². The monoisotopic (exact) mass is 377 g/mol. The highest BCUT2D eigenvalue weighted by molar-refractivity contribution is 6.32. The third-order valence-corrected chi connectivity index (χ3v) is 3.23. The fourth-order valence-electron chi connectivity index (χ4n) is 1.85. The minimum absolute atomic E-state index is 0.136. The maximum Gasteiger partial charge on any atom is 0.416 e. The minimum Gasteiger partial charge on any atom is -0.443 e. The Morgan fingerprint density at radius 1 is 1.04 bits per heavy atom. The van der Waals surface area contributed by atoms with Gasteiger partial charge in [-0.15, -0.1) is 0 Å². The Bertz CT molecular complexity index is 837. The molecular weight excluding hydrogens is 371 g/mol. The number of rotatable bonds is 4. The van der Waals surface area contributed by atoms with Crippen molar-refractivity contribution in [3.05, 3.63) is 61.1 Å². The minimum atomic E-state index is -5.02. The fourth-order valence-corrected chi connectivity index (χ4v) is 2.08. The van der Waals surface area contributed by atoms with Gasteiger partial charge >= 0.3 is 17.6 Å². The van der Waals surface area contributed by atoms with E-state index in [-0.39, 0.29) is 28.6 Å². The van der Waals surface area contributed by atoms with E-state index < -0.39 is 38.7 Å². The number of nitrogens with zero attached hydrogens (tertiary/aromatic N) is 2. The molecule has 0 saturated carbocycles. The molecule has 0 unspecified atom stereocenters. The number of nitrogens with two attached hydrogens (primary N) is 1. The quantitative estimate of drug-likeness (QED) is 0.474. The first kappa shape index (κ1) is 18.3. The molecule has 0 saturated heterocycles. The summed E-state index contributed by atoms with van der Waals surface area (Å²) in [7, 11) is 0. The van der Waals surface area contributed by atoms with E-state index in [9.17, 15) is 33.4 Å². The first-order valence-electron chi connectivity index (χ1n) is 6.27. The van der Waals surface area contributed by atoms with Crippen LogP contribution in [0.3, 0.4) is 0 Å². The number of nitrogen functional groups attached to an aromatic ring is 1. The van der Waals surface area contributed by atoms with Crippen molar-refractivity contribution in [1.82, 2.24) is 0 Å². The summed E-state index contributed by atoms with van der Waals surface area (Å²) < 4.78 is 43.5. The van der Waals surface area contributed by atoms with Gasteiger partial charge in [-0.2, -0.15) is 13.2 Å². The van der Waals surface area contributed by atoms with Crippen LogP contribution in [0.5, 0.6) is 11.5 Å². The van der Waals surface area contributed by atoms with Gasteiger partial charge in [0.1, 0.15) is 5.75 Å². The molecule has 0 aliphatic carbocycles. The molecule has 25 heavy (non-hydrogen) atoms. The van der Waals surface area contributed by atoms with Crippen LogP contribution in [-0.4, -0.2) is 9.85 Å². The number of hydrogen-bond donors (Lipinski definition) is 1. The van der Waals surface area contributed by atoms with Gasteiger partial charge in [-0.3, -0.25) is 20.2 Å². The smallest absolute Gasteiger partial charge is 0.416 e. The summed E-state index contributed by atoms with van der Waals surface area (Å²) in [6.45, 7) is 0. The summed E-state index contributed by atoms with van der Waals surface area (Å²) in [6, 6.07) is 3.96. The molecule has 0 fully saturated rings. The molecule has 0 aromatic heterocycles. The van der Waals surface area contributed by atoms with Crippen LogP contribution in [0.4, 0.5) is 30.2 Å². The number of nitro groups is 2. The average Bonchev–Trinajstić information content (AvgIpc) is 2.48. The fraction of sp³-hybridized carbons (Fsp3) is 0.0769. The Labute approximate surface area is 141 Å². The van der Waals surface area contributed by atoms with Crippen molar-refractivity contribution in [2.24, 2.45) is 0 Å². The zero-order valence-corrected chi connectivity index (χ0v) is 12.7. The predicted octanol–water partition coefficient (Wildman–Crippen LogP) is 4.55. The van der Waals surface area contributed by atoms with Gasteiger partial charge in [0.25, 0.3) is 5.75 Å². The SMILES string of the molecule is Nc1ccc(Oc2c([N+](=O)[O-])cc(C(F)(F)F)cc2[N+](=O)[O-])c(Cl)c1. The molecule has 0 amide bonds. The second kappa shape index (κ2) is 6.43. The Kier molecular flexibility index (Phi) is 4.70. The number of halogens is 4. The lowest BCUT2D eigenvalue weighted by Gasteiger charge is -2.11. The standard InChI is InChI=1S/C13H7ClF3N3O5/c14-8-5-7(18)1-2-11(8)25-12-9(19(21)22)3-6(13(15,16)17)4-10(12)20(23)24/h1-5H,18H2. The lowest BCUT2D eigenvalue weighted by Crippen LogP contribution is -2.08. The number of hydrogen-bond acceptors (Lipinski definition) is 6. The molecule has 2 aromatic carbocycles. The van der Waals surface area contributed by atoms with E-state index >= 15 is 0 Å². The molecule has 2 rings (SSSR count). The topological polar surface area (TPSA) is 122 Å². The highest BCUT2D eigenvalue weighted by Gasteiger charge is 2.38. The second-order valence-electron chi connectivity index (χ2n) is 4.65. The van der Waals surface area contributed by atoms with E-state index in [1.54, 1.807) is 0 Å². The Balaban J connectivity index is 2.70. The van der Waals surface area contributed by atoms with Crippen LogP contribution in [-0.2, 0) is 6.18 Å². The summed E-state index contributed by atoms with van der Waals surface area (Å²) in [5.74, 6) is -1.23. The third-order valence-electron chi connectivity index (χ3n) is 2.94. The van der Waals surface area contributed by atoms with Crippen LogP contribution in [0, 0.1) is 20.2 Å². The Morgan fingerprint density at radius 2 is 1.56 bits per heavy atom. The van der Waals surface area contributed by atoms with E-state index in [4.69, 9.17) is 22.1 Å². The predicted molar refractivity (Wildman–Crippen MR) is 80.7 cm³/mol. The van der Waals surface area contributed by atoms with Gasteiger partial charge < -0.3 is 10.5 Å². The van der Waals surface area contributed by atoms with Gasteiger partial charge in [-0.05, 0) is 18.2 Å².